The molecule has 114 valence electrons. The fraction of sp³-hybridized carbons (Fsp3) is 0.611. The second-order valence-corrected chi connectivity index (χ2v) is 7.25. The van der Waals surface area contributed by atoms with Gasteiger partial charge in [-0.1, -0.05) is 38.1 Å². The van der Waals surface area contributed by atoms with Crippen LogP contribution in [0.25, 0.3) is 0 Å². The van der Waals surface area contributed by atoms with Crippen LogP contribution in [0.3, 0.4) is 0 Å². The SMILES string of the molecule is CC1(C)CCCN(C(=O)[C@H]2Cc3ccccc3CN2)CC1. The van der Waals surface area contributed by atoms with E-state index in [0.29, 0.717) is 11.3 Å². The quantitative estimate of drug-likeness (QED) is 0.861. The molecule has 3 heteroatoms. The molecule has 1 aromatic carbocycles. The number of nitrogens with zero attached hydrogens (tertiary/aromatic N) is 1. The fourth-order valence-electron chi connectivity index (χ4n) is 3.49. The minimum absolute atomic E-state index is 0.0406. The van der Waals surface area contributed by atoms with Crippen molar-refractivity contribution >= 4 is 5.91 Å². The van der Waals surface area contributed by atoms with E-state index in [1.54, 1.807) is 0 Å². The molecule has 1 amide bonds. The third-order valence-electron chi connectivity index (χ3n) is 5.03. The third-order valence-corrected chi connectivity index (χ3v) is 5.03. The summed E-state index contributed by atoms with van der Waals surface area (Å²) < 4.78 is 0. The van der Waals surface area contributed by atoms with Gasteiger partial charge in [0.05, 0.1) is 6.04 Å². The van der Waals surface area contributed by atoms with E-state index in [0.717, 1.165) is 38.9 Å². The first-order chi connectivity index (χ1) is 10.1. The van der Waals surface area contributed by atoms with E-state index in [1.807, 2.05) is 0 Å². The van der Waals surface area contributed by atoms with Gasteiger partial charge in [-0.3, -0.25) is 4.79 Å². The molecule has 0 spiro atoms. The van der Waals surface area contributed by atoms with Crippen molar-refractivity contribution in [2.24, 2.45) is 5.41 Å². The van der Waals surface area contributed by atoms with E-state index in [4.69, 9.17) is 0 Å². The number of rotatable bonds is 1. The molecule has 21 heavy (non-hydrogen) atoms. The first-order valence-electron chi connectivity index (χ1n) is 8.14. The van der Waals surface area contributed by atoms with Crippen LogP contribution in [-0.2, 0) is 17.8 Å². The average molecular weight is 286 g/mol. The van der Waals surface area contributed by atoms with Gasteiger partial charge in [0.25, 0.3) is 0 Å². The lowest BCUT2D eigenvalue weighted by Gasteiger charge is -2.31. The van der Waals surface area contributed by atoms with Crippen LogP contribution in [0.5, 0.6) is 0 Å². The van der Waals surface area contributed by atoms with Crippen molar-refractivity contribution in [2.45, 2.75) is 52.1 Å². The van der Waals surface area contributed by atoms with Crippen LogP contribution in [0.2, 0.25) is 0 Å². The number of carbonyl (C=O) groups excluding carboxylic acids is 1. The molecule has 2 heterocycles. The Morgan fingerprint density at radius 2 is 1.95 bits per heavy atom. The van der Waals surface area contributed by atoms with Crippen LogP contribution in [0.1, 0.15) is 44.2 Å². The highest BCUT2D eigenvalue weighted by atomic mass is 16.2. The largest absolute Gasteiger partial charge is 0.341 e. The minimum atomic E-state index is -0.0406. The fourth-order valence-corrected chi connectivity index (χ4v) is 3.49. The van der Waals surface area contributed by atoms with Crippen LogP contribution in [0.15, 0.2) is 24.3 Å². The Kier molecular flexibility index (Phi) is 4.03. The van der Waals surface area contributed by atoms with Crippen molar-refractivity contribution in [3.8, 4) is 0 Å². The third kappa shape index (κ3) is 3.29. The molecule has 0 radical (unpaired) electrons. The molecule has 1 fully saturated rings. The molecule has 0 saturated carbocycles. The predicted octanol–water partition coefficient (Wildman–Crippen LogP) is 2.74. The summed E-state index contributed by atoms with van der Waals surface area (Å²) >= 11 is 0. The van der Waals surface area contributed by atoms with Gasteiger partial charge in [-0.25, -0.2) is 0 Å². The Hall–Kier alpha value is -1.35. The Morgan fingerprint density at radius 3 is 2.76 bits per heavy atom. The maximum absolute atomic E-state index is 12.8. The summed E-state index contributed by atoms with van der Waals surface area (Å²) in [6.45, 7) is 7.27. The summed E-state index contributed by atoms with van der Waals surface area (Å²) in [5.41, 5.74) is 3.03. The predicted molar refractivity (Wildman–Crippen MR) is 85.0 cm³/mol. The number of likely N-dealkylation sites (tertiary alicyclic amines) is 1. The van der Waals surface area contributed by atoms with E-state index < -0.39 is 0 Å². The van der Waals surface area contributed by atoms with Gasteiger partial charge in [0, 0.05) is 19.6 Å². The zero-order chi connectivity index (χ0) is 14.9. The van der Waals surface area contributed by atoms with E-state index >= 15 is 0 Å². The highest BCUT2D eigenvalue weighted by Crippen LogP contribution is 2.30. The van der Waals surface area contributed by atoms with Gasteiger partial charge in [-0.05, 0) is 42.2 Å². The molecule has 0 aromatic heterocycles. The van der Waals surface area contributed by atoms with Crippen molar-refractivity contribution in [2.75, 3.05) is 13.1 Å². The summed E-state index contributed by atoms with van der Waals surface area (Å²) in [4.78, 5) is 14.9. The summed E-state index contributed by atoms with van der Waals surface area (Å²) in [5.74, 6) is 0.294. The normalized spacial score (nSPS) is 25.0. The second kappa shape index (κ2) is 5.80. The highest BCUT2D eigenvalue weighted by Gasteiger charge is 2.31. The molecule has 3 nitrogen and oxygen atoms in total. The van der Waals surface area contributed by atoms with Gasteiger partial charge in [0.15, 0.2) is 0 Å². The number of hydrogen-bond acceptors (Lipinski definition) is 2. The van der Waals surface area contributed by atoms with Crippen molar-refractivity contribution in [1.29, 1.82) is 0 Å². The van der Waals surface area contributed by atoms with Gasteiger partial charge in [0.1, 0.15) is 0 Å². The van der Waals surface area contributed by atoms with Crippen LogP contribution in [0.4, 0.5) is 0 Å². The average Bonchev–Trinajstić information content (AvgIpc) is 2.67. The Bertz CT molecular complexity index is 524. The number of carbonyl (C=O) groups is 1. The summed E-state index contributed by atoms with van der Waals surface area (Å²) in [6, 6.07) is 8.40. The molecule has 1 saturated heterocycles. The molecule has 1 aromatic rings. The van der Waals surface area contributed by atoms with Gasteiger partial charge < -0.3 is 10.2 Å². The Balaban J connectivity index is 1.66. The molecule has 0 aliphatic carbocycles. The van der Waals surface area contributed by atoms with E-state index in [-0.39, 0.29) is 6.04 Å². The lowest BCUT2D eigenvalue weighted by molar-refractivity contribution is -0.133. The maximum Gasteiger partial charge on any atom is 0.240 e. The molecule has 1 atom stereocenters. The summed E-state index contributed by atoms with van der Waals surface area (Å²) in [5, 5.41) is 3.42. The van der Waals surface area contributed by atoms with Crippen LogP contribution < -0.4 is 5.32 Å². The molecular formula is C18H26N2O. The topological polar surface area (TPSA) is 32.3 Å². The number of fused-ring (bicyclic) bond motifs is 1. The first kappa shape index (κ1) is 14.6. The molecule has 1 N–H and O–H groups in total. The lowest BCUT2D eigenvalue weighted by Crippen LogP contribution is -2.49. The Morgan fingerprint density at radius 1 is 1.19 bits per heavy atom. The molecule has 2 aliphatic rings. The van der Waals surface area contributed by atoms with Crippen molar-refractivity contribution in [1.82, 2.24) is 10.2 Å². The smallest absolute Gasteiger partial charge is 0.240 e. The van der Waals surface area contributed by atoms with Crippen molar-refractivity contribution in [3.05, 3.63) is 35.4 Å². The molecule has 2 aliphatic heterocycles. The van der Waals surface area contributed by atoms with E-state index in [9.17, 15) is 4.79 Å². The van der Waals surface area contributed by atoms with Gasteiger partial charge in [-0.2, -0.15) is 0 Å². The molecule has 0 unspecified atom stereocenters. The van der Waals surface area contributed by atoms with Crippen LogP contribution >= 0.6 is 0 Å². The zero-order valence-electron chi connectivity index (χ0n) is 13.2. The monoisotopic (exact) mass is 286 g/mol. The van der Waals surface area contributed by atoms with Gasteiger partial charge in [-0.15, -0.1) is 0 Å². The van der Waals surface area contributed by atoms with Gasteiger partial charge in [0.2, 0.25) is 5.91 Å². The van der Waals surface area contributed by atoms with Crippen molar-refractivity contribution in [3.63, 3.8) is 0 Å². The van der Waals surface area contributed by atoms with Crippen LogP contribution in [-0.4, -0.2) is 29.9 Å². The Labute approximate surface area is 127 Å². The minimum Gasteiger partial charge on any atom is -0.341 e. The second-order valence-electron chi connectivity index (χ2n) is 7.25. The lowest BCUT2D eigenvalue weighted by atomic mass is 9.85. The number of benzene rings is 1. The van der Waals surface area contributed by atoms with Gasteiger partial charge >= 0.3 is 0 Å². The number of amides is 1. The highest BCUT2D eigenvalue weighted by molar-refractivity contribution is 5.82. The molecule has 0 bridgehead atoms. The van der Waals surface area contributed by atoms with Crippen LogP contribution in [0, 0.1) is 5.41 Å². The number of hydrogen-bond donors (Lipinski definition) is 1. The first-order valence-corrected chi connectivity index (χ1v) is 8.14. The van der Waals surface area contributed by atoms with E-state index in [1.165, 1.54) is 17.5 Å². The zero-order valence-corrected chi connectivity index (χ0v) is 13.2. The van der Waals surface area contributed by atoms with Crippen molar-refractivity contribution < 1.29 is 4.79 Å². The summed E-state index contributed by atoms with van der Waals surface area (Å²) in [6.07, 6.45) is 4.29. The maximum atomic E-state index is 12.8. The molecule has 3 rings (SSSR count). The summed E-state index contributed by atoms with van der Waals surface area (Å²) in [7, 11) is 0. The van der Waals surface area contributed by atoms with E-state index in [2.05, 4.69) is 48.3 Å². The number of nitrogens with one attached hydrogen (secondary N) is 1. The molecular weight excluding hydrogens is 260 g/mol. The standard InChI is InChI=1S/C18H26N2O/c1-18(2)8-5-10-20(11-9-18)17(21)16-12-14-6-3-4-7-15(14)13-19-16/h3-4,6-7,16,19H,5,8-13H2,1-2H3/t16-/m1/s1.